The van der Waals surface area contributed by atoms with E-state index in [4.69, 9.17) is 36.4 Å². The topological polar surface area (TPSA) is 284 Å². The van der Waals surface area contributed by atoms with E-state index in [1.807, 2.05) is 0 Å². The molecule has 0 aliphatic carbocycles. The molecule has 15 heteroatoms. The third-order valence-corrected chi connectivity index (χ3v) is 2.09. The summed E-state index contributed by atoms with van der Waals surface area (Å²) in [6, 6.07) is -1.06. The number of hydrogen-bond donors (Lipinski definition) is 7. The van der Waals surface area contributed by atoms with Crippen molar-refractivity contribution in [3.63, 3.8) is 0 Å². The Balaban J connectivity index is -0.000000336. The summed E-state index contributed by atoms with van der Waals surface area (Å²) in [5, 5.41) is 47.6. The minimum Gasteiger partial charge on any atom is -0.481 e. The van der Waals surface area contributed by atoms with E-state index in [0.29, 0.717) is 0 Å². The maximum absolute atomic E-state index is 9.99. The molecule has 0 aliphatic rings. The highest BCUT2D eigenvalue weighted by molar-refractivity contribution is 6.36. The van der Waals surface area contributed by atoms with Crippen molar-refractivity contribution in [1.82, 2.24) is 0 Å². The molecule has 0 fully saturated rings. The van der Waals surface area contributed by atoms with Crippen molar-refractivity contribution in [1.29, 1.82) is 0 Å². The van der Waals surface area contributed by atoms with E-state index in [1.54, 1.807) is 0 Å². The van der Waals surface area contributed by atoms with Crippen LogP contribution in [0, 0.1) is 0 Å². The lowest BCUT2D eigenvalue weighted by Gasteiger charge is -2.01. The van der Waals surface area contributed by atoms with Crippen LogP contribution in [-0.4, -0.2) is 84.1 Å². The van der Waals surface area contributed by atoms with Crippen LogP contribution in [0.4, 0.5) is 0 Å². The number of carbonyl (C=O) groups excluding carboxylic acids is 2. The van der Waals surface area contributed by atoms with Gasteiger partial charge in [-0.2, -0.15) is 0 Å². The van der Waals surface area contributed by atoms with Gasteiger partial charge in [0.1, 0.15) is 18.9 Å². The Bertz CT molecular complexity index is 599. The fraction of sp³-hybridized carbons (Fsp3) is 0.385. The number of carboxylic acid groups (broad SMARTS) is 6. The molecule has 0 aliphatic heterocycles. The third-order valence-electron chi connectivity index (χ3n) is 2.09. The van der Waals surface area contributed by atoms with Crippen molar-refractivity contribution in [2.75, 3.05) is 0 Å². The number of nitrogens with two attached hydrogens (primary N) is 1. The summed E-state index contributed by atoms with van der Waals surface area (Å²) < 4.78 is 0. The Labute approximate surface area is 155 Å². The van der Waals surface area contributed by atoms with Crippen LogP contribution >= 0.6 is 0 Å². The predicted octanol–water partition coefficient (Wildman–Crippen LogP) is -2.51. The molecule has 0 aromatic carbocycles. The third kappa shape index (κ3) is 22.1. The van der Waals surface area contributed by atoms with E-state index in [1.165, 1.54) is 0 Å². The van der Waals surface area contributed by atoms with Gasteiger partial charge in [0.15, 0.2) is 0 Å². The van der Waals surface area contributed by atoms with Crippen molar-refractivity contribution in [3.8, 4) is 0 Å². The molecule has 28 heavy (non-hydrogen) atoms. The molecule has 0 saturated carbocycles. The lowest BCUT2D eigenvalue weighted by Crippen LogP contribution is -2.30. The standard InChI is InChI=1S/C5H9NO4.2C4H4O5/c6-3(5(9)10)1-2-4(7)8;2*5-2(4(8)9)1-3(6)7/h3H,1-2,6H2,(H,7,8)(H,9,10);2*1H2,(H,6,7)(H,8,9)/t3-;;/m0../s1. The Morgan fingerprint density at radius 3 is 1.07 bits per heavy atom. The van der Waals surface area contributed by atoms with Crippen LogP contribution in [0.1, 0.15) is 25.7 Å². The van der Waals surface area contributed by atoms with Crippen molar-refractivity contribution < 1.29 is 69.0 Å². The molecule has 0 amide bonds. The quantitative estimate of drug-likeness (QED) is 0.144. The second-order valence-corrected chi connectivity index (χ2v) is 4.47. The lowest BCUT2D eigenvalue weighted by molar-refractivity contribution is -0.152. The van der Waals surface area contributed by atoms with Crippen LogP contribution in [-0.2, 0) is 38.4 Å². The molecule has 0 rings (SSSR count). The number of rotatable bonds is 10. The SMILES string of the molecule is N[C@@H](CCC(=O)O)C(=O)O.O=C(O)CC(=O)C(=O)O.O=C(O)CC(=O)C(=O)O. The van der Waals surface area contributed by atoms with Crippen molar-refractivity contribution >= 4 is 47.4 Å². The van der Waals surface area contributed by atoms with Gasteiger partial charge in [-0.05, 0) is 6.42 Å². The van der Waals surface area contributed by atoms with Crippen LogP contribution < -0.4 is 5.73 Å². The average Bonchev–Trinajstić information content (AvgIpc) is 2.52. The number of hydrogen-bond acceptors (Lipinski definition) is 9. The van der Waals surface area contributed by atoms with Crippen molar-refractivity contribution in [2.24, 2.45) is 5.73 Å². The Morgan fingerprint density at radius 2 is 0.929 bits per heavy atom. The molecule has 0 aromatic rings. The second-order valence-electron chi connectivity index (χ2n) is 4.47. The number of aliphatic carboxylic acids is 6. The van der Waals surface area contributed by atoms with Crippen LogP contribution in [0.3, 0.4) is 0 Å². The summed E-state index contributed by atoms with van der Waals surface area (Å²) >= 11 is 0. The molecule has 1 atom stereocenters. The van der Waals surface area contributed by atoms with Gasteiger partial charge in [0, 0.05) is 6.42 Å². The van der Waals surface area contributed by atoms with E-state index in [0.717, 1.165) is 0 Å². The maximum Gasteiger partial charge on any atom is 0.372 e. The first-order chi connectivity index (χ1) is 12.6. The summed E-state index contributed by atoms with van der Waals surface area (Å²) in [4.78, 5) is 78.3. The second kappa shape index (κ2) is 15.4. The summed E-state index contributed by atoms with van der Waals surface area (Å²) in [5.41, 5.74) is 5.00. The Morgan fingerprint density at radius 1 is 0.607 bits per heavy atom. The van der Waals surface area contributed by atoms with E-state index in [2.05, 4.69) is 0 Å². The van der Waals surface area contributed by atoms with Gasteiger partial charge in [-0.3, -0.25) is 28.8 Å². The molecule has 15 nitrogen and oxygen atoms in total. The predicted molar refractivity (Wildman–Crippen MR) is 82.3 cm³/mol. The molecule has 0 radical (unpaired) electrons. The van der Waals surface area contributed by atoms with Crippen LogP contribution in [0.25, 0.3) is 0 Å². The van der Waals surface area contributed by atoms with Gasteiger partial charge in [0.05, 0.1) is 0 Å². The summed E-state index contributed by atoms with van der Waals surface area (Å²) in [5.74, 6) is -11.1. The first kappa shape index (κ1) is 28.9. The molecule has 0 saturated heterocycles. The fourth-order valence-corrected chi connectivity index (χ4v) is 0.828. The van der Waals surface area contributed by atoms with E-state index < -0.39 is 66.3 Å². The molecule has 0 heterocycles. The van der Waals surface area contributed by atoms with Crippen LogP contribution in [0.15, 0.2) is 0 Å². The van der Waals surface area contributed by atoms with Gasteiger partial charge in [-0.15, -0.1) is 0 Å². The smallest absolute Gasteiger partial charge is 0.372 e. The highest BCUT2D eigenvalue weighted by Gasteiger charge is 2.15. The molecule has 158 valence electrons. The van der Waals surface area contributed by atoms with Gasteiger partial charge in [0.2, 0.25) is 0 Å². The summed E-state index contributed by atoms with van der Waals surface area (Å²) in [7, 11) is 0. The van der Waals surface area contributed by atoms with Gasteiger partial charge in [-0.1, -0.05) is 0 Å². The average molecular weight is 411 g/mol. The first-order valence-corrected chi connectivity index (χ1v) is 6.77. The largest absolute Gasteiger partial charge is 0.481 e. The van der Waals surface area contributed by atoms with E-state index in [9.17, 15) is 38.4 Å². The number of carboxylic acids is 6. The fourth-order valence-electron chi connectivity index (χ4n) is 0.828. The van der Waals surface area contributed by atoms with Gasteiger partial charge < -0.3 is 36.4 Å². The normalized spacial score (nSPS) is 9.89. The number of carbonyl (C=O) groups is 8. The molecule has 0 aromatic heterocycles. The van der Waals surface area contributed by atoms with E-state index in [-0.39, 0.29) is 12.8 Å². The van der Waals surface area contributed by atoms with Crippen LogP contribution in [0.2, 0.25) is 0 Å². The Hall–Kier alpha value is -3.88. The minimum absolute atomic E-state index is 0.0231. The Kier molecular flexibility index (Phi) is 15.9. The number of Topliss-reactive ketones (excluding diaryl/α,β-unsaturated/α-hetero) is 2. The molecular weight excluding hydrogens is 394 g/mol. The zero-order valence-electron chi connectivity index (χ0n) is 13.9. The maximum atomic E-state index is 9.99. The van der Waals surface area contributed by atoms with Crippen molar-refractivity contribution in [3.05, 3.63) is 0 Å². The summed E-state index contributed by atoms with van der Waals surface area (Å²) in [6.07, 6.45) is -2.12. The minimum atomic E-state index is -1.71. The van der Waals surface area contributed by atoms with E-state index >= 15 is 0 Å². The van der Waals surface area contributed by atoms with Crippen LogP contribution in [0.5, 0.6) is 0 Å². The van der Waals surface area contributed by atoms with Gasteiger partial charge in [0.25, 0.3) is 11.6 Å². The molecule has 0 bridgehead atoms. The van der Waals surface area contributed by atoms with Crippen molar-refractivity contribution in [2.45, 2.75) is 31.7 Å². The molecule has 8 N–H and O–H groups in total. The number of ketones is 2. The lowest BCUT2D eigenvalue weighted by atomic mass is 10.2. The first-order valence-electron chi connectivity index (χ1n) is 6.77. The monoisotopic (exact) mass is 411 g/mol. The molecular formula is C13H17NO14. The highest BCUT2D eigenvalue weighted by Crippen LogP contribution is 1.93. The van der Waals surface area contributed by atoms with Gasteiger partial charge in [-0.25, -0.2) is 9.59 Å². The summed E-state index contributed by atoms with van der Waals surface area (Å²) in [6.45, 7) is 0. The molecule has 0 unspecified atom stereocenters. The highest BCUT2D eigenvalue weighted by atomic mass is 16.4. The molecule has 0 spiro atoms. The van der Waals surface area contributed by atoms with Gasteiger partial charge >= 0.3 is 35.8 Å². The zero-order valence-corrected chi connectivity index (χ0v) is 13.9. The zero-order chi connectivity index (χ0) is 23.0.